The number of benzene rings is 6. The first-order valence-corrected chi connectivity index (χ1v) is 15.6. The molecule has 3 nitrogen and oxygen atoms in total. The zero-order chi connectivity index (χ0) is 29.0. The molecule has 206 valence electrons. The van der Waals surface area contributed by atoms with E-state index in [1.54, 1.807) is 0 Å². The first-order chi connectivity index (χ1) is 21.8. The zero-order valence-corrected chi connectivity index (χ0v) is 24.5. The molecule has 0 bridgehead atoms. The van der Waals surface area contributed by atoms with Crippen molar-refractivity contribution >= 4 is 53.3 Å². The normalized spacial score (nSPS) is 11.6. The van der Waals surface area contributed by atoms with Crippen molar-refractivity contribution in [3.05, 3.63) is 152 Å². The fourth-order valence-electron chi connectivity index (χ4n) is 6.44. The number of fused-ring (bicyclic) bond motifs is 6. The minimum absolute atomic E-state index is 0.709. The van der Waals surface area contributed by atoms with Gasteiger partial charge in [-0.1, -0.05) is 109 Å². The molecule has 0 radical (unpaired) electrons. The molecule has 44 heavy (non-hydrogen) atoms. The summed E-state index contributed by atoms with van der Waals surface area (Å²) in [5.74, 6) is 0.709. The van der Waals surface area contributed by atoms with Crippen molar-refractivity contribution in [1.29, 1.82) is 0 Å². The Morgan fingerprint density at radius 1 is 0.455 bits per heavy atom. The monoisotopic (exact) mass is 579 g/mol. The van der Waals surface area contributed by atoms with Gasteiger partial charge in [-0.05, 0) is 42.5 Å². The highest BCUT2D eigenvalue weighted by Crippen LogP contribution is 2.40. The molecule has 0 atom stereocenters. The Morgan fingerprint density at radius 2 is 1.07 bits per heavy atom. The van der Waals surface area contributed by atoms with Crippen LogP contribution in [0.4, 0.5) is 0 Å². The van der Waals surface area contributed by atoms with Crippen LogP contribution in [0.2, 0.25) is 0 Å². The molecule has 9 rings (SSSR count). The van der Waals surface area contributed by atoms with Crippen LogP contribution in [0, 0.1) is 0 Å². The van der Waals surface area contributed by atoms with E-state index in [1.165, 1.54) is 42.0 Å². The van der Waals surface area contributed by atoms with E-state index in [9.17, 15) is 0 Å². The predicted octanol–water partition coefficient (Wildman–Crippen LogP) is 10.9. The van der Waals surface area contributed by atoms with E-state index in [-0.39, 0.29) is 0 Å². The van der Waals surface area contributed by atoms with Crippen LogP contribution in [-0.2, 0) is 0 Å². The third-order valence-corrected chi connectivity index (χ3v) is 9.55. The van der Waals surface area contributed by atoms with Gasteiger partial charge in [-0.25, -0.2) is 9.97 Å². The molecule has 0 aliphatic carbocycles. The second kappa shape index (κ2) is 10.0. The maximum atomic E-state index is 5.27. The highest BCUT2D eigenvalue weighted by molar-refractivity contribution is 7.25. The van der Waals surface area contributed by atoms with Crippen molar-refractivity contribution in [3.8, 4) is 39.6 Å². The van der Waals surface area contributed by atoms with E-state index in [0.29, 0.717) is 5.82 Å². The molecule has 4 heteroatoms. The molecule has 6 aromatic carbocycles. The Kier molecular flexibility index (Phi) is 5.68. The second-order valence-electron chi connectivity index (χ2n) is 11.0. The van der Waals surface area contributed by atoms with Crippen molar-refractivity contribution < 1.29 is 0 Å². The number of hydrogen-bond acceptors (Lipinski definition) is 3. The van der Waals surface area contributed by atoms with E-state index in [0.717, 1.165) is 33.8 Å². The van der Waals surface area contributed by atoms with Gasteiger partial charge in [-0.2, -0.15) is 0 Å². The Balaban J connectivity index is 1.28. The number of hydrogen-bond donors (Lipinski definition) is 0. The summed E-state index contributed by atoms with van der Waals surface area (Å²) in [4.78, 5) is 10.4. The lowest BCUT2D eigenvalue weighted by atomic mass is 10.0. The van der Waals surface area contributed by atoms with Gasteiger partial charge in [0, 0.05) is 53.3 Å². The van der Waals surface area contributed by atoms with Gasteiger partial charge in [-0.15, -0.1) is 11.3 Å². The van der Waals surface area contributed by atoms with E-state index in [2.05, 4.69) is 150 Å². The fraction of sp³-hybridized carbons (Fsp3) is 0. The molecule has 9 aromatic rings. The molecule has 0 aliphatic rings. The van der Waals surface area contributed by atoms with E-state index < -0.39 is 0 Å². The largest absolute Gasteiger partial charge is 0.309 e. The van der Waals surface area contributed by atoms with Crippen LogP contribution in [0.3, 0.4) is 0 Å². The summed E-state index contributed by atoms with van der Waals surface area (Å²) in [6, 6.07) is 53.5. The molecule has 0 fully saturated rings. The maximum absolute atomic E-state index is 5.27. The highest BCUT2D eigenvalue weighted by Gasteiger charge is 2.17. The first-order valence-electron chi connectivity index (χ1n) is 14.8. The minimum Gasteiger partial charge on any atom is -0.309 e. The minimum atomic E-state index is 0.709. The van der Waals surface area contributed by atoms with Crippen molar-refractivity contribution in [1.82, 2.24) is 14.5 Å². The van der Waals surface area contributed by atoms with Crippen LogP contribution in [-0.4, -0.2) is 14.5 Å². The van der Waals surface area contributed by atoms with Crippen LogP contribution in [0.25, 0.3) is 81.6 Å². The third kappa shape index (κ3) is 3.96. The molecule has 0 amide bonds. The summed E-state index contributed by atoms with van der Waals surface area (Å²) >= 11 is 1.83. The SMILES string of the molecule is c1ccc(-c2cc(-c3cccc4sc5ccccc5c34)nc(-c3cccc(-n4c5ccccc5c5ccccc54)c3)n2)cc1. The molecule has 0 spiro atoms. The van der Waals surface area contributed by atoms with Gasteiger partial charge in [0.15, 0.2) is 5.82 Å². The molecular formula is C40H25N3S. The zero-order valence-electron chi connectivity index (χ0n) is 23.7. The van der Waals surface area contributed by atoms with Crippen LogP contribution in [0.5, 0.6) is 0 Å². The maximum Gasteiger partial charge on any atom is 0.160 e. The molecule has 0 N–H and O–H groups in total. The molecule has 3 aromatic heterocycles. The average Bonchev–Trinajstić information content (AvgIpc) is 3.65. The lowest BCUT2D eigenvalue weighted by Crippen LogP contribution is -1.98. The van der Waals surface area contributed by atoms with Crippen molar-refractivity contribution in [3.63, 3.8) is 0 Å². The topological polar surface area (TPSA) is 30.7 Å². The summed E-state index contributed by atoms with van der Waals surface area (Å²) < 4.78 is 4.89. The van der Waals surface area contributed by atoms with Crippen molar-refractivity contribution in [2.75, 3.05) is 0 Å². The van der Waals surface area contributed by atoms with E-state index in [1.807, 2.05) is 17.4 Å². The molecule has 0 aliphatic heterocycles. The summed E-state index contributed by atoms with van der Waals surface area (Å²) in [5.41, 5.74) is 8.45. The van der Waals surface area contributed by atoms with Gasteiger partial charge < -0.3 is 4.57 Å². The summed E-state index contributed by atoms with van der Waals surface area (Å²) in [7, 11) is 0. The lowest BCUT2D eigenvalue weighted by molar-refractivity contribution is 1.16. The number of para-hydroxylation sites is 2. The molecule has 0 unspecified atom stereocenters. The molecule has 0 saturated heterocycles. The van der Waals surface area contributed by atoms with Gasteiger partial charge >= 0.3 is 0 Å². The Labute approximate surface area is 258 Å². The Bertz CT molecular complexity index is 2450. The Morgan fingerprint density at radius 3 is 1.86 bits per heavy atom. The van der Waals surface area contributed by atoms with Crippen molar-refractivity contribution in [2.45, 2.75) is 0 Å². The van der Waals surface area contributed by atoms with Gasteiger partial charge in [0.05, 0.1) is 22.4 Å². The standard InChI is InChI=1S/C40H25N3S/c1-2-12-26(13-3-1)33-25-34(31-19-11-23-38-39(31)32-18-6-9-22-37(32)44-38)42-40(41-33)27-14-10-15-28(24-27)43-35-20-7-4-16-29(35)30-17-5-8-21-36(30)43/h1-25H. The predicted molar refractivity (Wildman–Crippen MR) is 186 cm³/mol. The average molecular weight is 580 g/mol. The van der Waals surface area contributed by atoms with Crippen LogP contribution >= 0.6 is 11.3 Å². The number of aromatic nitrogens is 3. The van der Waals surface area contributed by atoms with E-state index >= 15 is 0 Å². The highest BCUT2D eigenvalue weighted by atomic mass is 32.1. The van der Waals surface area contributed by atoms with E-state index in [4.69, 9.17) is 9.97 Å². The quantitative estimate of drug-likeness (QED) is 0.208. The number of nitrogens with zero attached hydrogens (tertiary/aromatic N) is 3. The summed E-state index contributed by atoms with van der Waals surface area (Å²) in [6.07, 6.45) is 0. The Hall–Kier alpha value is -5.58. The van der Waals surface area contributed by atoms with Crippen LogP contribution in [0.1, 0.15) is 0 Å². The fourth-order valence-corrected chi connectivity index (χ4v) is 7.58. The van der Waals surface area contributed by atoms with Crippen LogP contribution < -0.4 is 0 Å². The summed E-state index contributed by atoms with van der Waals surface area (Å²) in [5, 5.41) is 5.00. The molecular weight excluding hydrogens is 555 g/mol. The van der Waals surface area contributed by atoms with Crippen molar-refractivity contribution in [2.24, 2.45) is 0 Å². The molecule has 0 saturated carbocycles. The number of rotatable bonds is 4. The number of thiophene rings is 1. The molecule has 3 heterocycles. The first kappa shape index (κ1) is 25.0. The third-order valence-electron chi connectivity index (χ3n) is 8.42. The second-order valence-corrected chi connectivity index (χ2v) is 12.1. The smallest absolute Gasteiger partial charge is 0.160 e. The summed E-state index contributed by atoms with van der Waals surface area (Å²) in [6.45, 7) is 0. The van der Waals surface area contributed by atoms with Gasteiger partial charge in [-0.3, -0.25) is 0 Å². The van der Waals surface area contributed by atoms with Crippen LogP contribution in [0.15, 0.2) is 152 Å². The van der Waals surface area contributed by atoms with Gasteiger partial charge in [0.2, 0.25) is 0 Å². The van der Waals surface area contributed by atoms with Gasteiger partial charge in [0.25, 0.3) is 0 Å². The van der Waals surface area contributed by atoms with Gasteiger partial charge in [0.1, 0.15) is 0 Å². The lowest BCUT2D eigenvalue weighted by Gasteiger charge is -2.12.